The van der Waals surface area contributed by atoms with E-state index in [4.69, 9.17) is 23.2 Å². The molecule has 4 amide bonds. The molecule has 0 radical (unpaired) electrons. The standard InChI is InChI=1S/C18H15Cl2N3O3/c1-18(13-8-7-11(19)9-14(13)20)16(25)23(17(26)22-18)10-15(24)21-12-5-3-2-4-6-12/h2-9H,10H2,1H3,(H,21,24)(H,22,26)/t18-/m1/s1. The summed E-state index contributed by atoms with van der Waals surface area (Å²) in [5, 5.41) is 5.91. The SMILES string of the molecule is C[C@]1(c2ccc(Cl)cc2Cl)NC(=O)N(CC(=O)Nc2ccccc2)C1=O. The monoisotopic (exact) mass is 391 g/mol. The number of carbonyl (C=O) groups excluding carboxylic acids is 3. The number of urea groups is 1. The molecule has 26 heavy (non-hydrogen) atoms. The van der Waals surface area contributed by atoms with Crippen molar-refractivity contribution in [1.82, 2.24) is 10.2 Å². The van der Waals surface area contributed by atoms with Crippen LogP contribution in [0.15, 0.2) is 48.5 Å². The second-order valence-corrected chi connectivity index (χ2v) is 6.83. The van der Waals surface area contributed by atoms with Crippen molar-refractivity contribution in [2.45, 2.75) is 12.5 Å². The van der Waals surface area contributed by atoms with Gasteiger partial charge in [-0.2, -0.15) is 0 Å². The average molecular weight is 392 g/mol. The molecular formula is C18H15Cl2N3O3. The number of rotatable bonds is 4. The van der Waals surface area contributed by atoms with Gasteiger partial charge in [0.2, 0.25) is 5.91 Å². The van der Waals surface area contributed by atoms with Gasteiger partial charge in [0.25, 0.3) is 5.91 Å². The summed E-state index contributed by atoms with van der Waals surface area (Å²) in [6, 6.07) is 12.8. The highest BCUT2D eigenvalue weighted by molar-refractivity contribution is 6.35. The molecule has 0 unspecified atom stereocenters. The molecule has 0 bridgehead atoms. The van der Waals surface area contributed by atoms with Crippen molar-refractivity contribution < 1.29 is 14.4 Å². The molecule has 0 saturated carbocycles. The summed E-state index contributed by atoms with van der Waals surface area (Å²) in [6.07, 6.45) is 0. The van der Waals surface area contributed by atoms with Crippen molar-refractivity contribution in [3.8, 4) is 0 Å². The molecule has 2 aromatic carbocycles. The van der Waals surface area contributed by atoms with E-state index in [2.05, 4.69) is 10.6 Å². The van der Waals surface area contributed by atoms with Gasteiger partial charge in [-0.25, -0.2) is 4.79 Å². The number of amides is 4. The van der Waals surface area contributed by atoms with Crippen LogP contribution in [0.2, 0.25) is 10.0 Å². The van der Waals surface area contributed by atoms with E-state index in [1.165, 1.54) is 13.0 Å². The summed E-state index contributed by atoms with van der Waals surface area (Å²) in [6.45, 7) is 1.14. The highest BCUT2D eigenvalue weighted by atomic mass is 35.5. The topological polar surface area (TPSA) is 78.5 Å². The van der Waals surface area contributed by atoms with E-state index in [1.807, 2.05) is 6.07 Å². The van der Waals surface area contributed by atoms with Gasteiger partial charge in [0.15, 0.2) is 0 Å². The van der Waals surface area contributed by atoms with E-state index in [9.17, 15) is 14.4 Å². The van der Waals surface area contributed by atoms with Crippen LogP contribution < -0.4 is 10.6 Å². The van der Waals surface area contributed by atoms with Gasteiger partial charge in [-0.1, -0.05) is 47.5 Å². The minimum absolute atomic E-state index is 0.254. The van der Waals surface area contributed by atoms with E-state index in [1.54, 1.807) is 36.4 Å². The van der Waals surface area contributed by atoms with Crippen LogP contribution in [0.1, 0.15) is 12.5 Å². The number of nitrogens with one attached hydrogen (secondary N) is 2. The third-order valence-electron chi connectivity index (χ3n) is 4.10. The van der Waals surface area contributed by atoms with E-state index in [0.29, 0.717) is 16.3 Å². The van der Waals surface area contributed by atoms with Crippen LogP contribution in [-0.2, 0) is 15.1 Å². The predicted molar refractivity (Wildman–Crippen MR) is 99.1 cm³/mol. The quantitative estimate of drug-likeness (QED) is 0.783. The number of carbonyl (C=O) groups is 3. The van der Waals surface area contributed by atoms with Crippen molar-refractivity contribution in [2.75, 3.05) is 11.9 Å². The second-order valence-electron chi connectivity index (χ2n) is 5.98. The largest absolute Gasteiger partial charge is 0.325 e. The molecule has 0 aliphatic carbocycles. The van der Waals surface area contributed by atoms with Crippen LogP contribution in [0.4, 0.5) is 10.5 Å². The summed E-state index contributed by atoms with van der Waals surface area (Å²) in [4.78, 5) is 38.2. The maximum atomic E-state index is 12.8. The van der Waals surface area contributed by atoms with Gasteiger partial charge < -0.3 is 10.6 Å². The molecular weight excluding hydrogens is 377 g/mol. The summed E-state index contributed by atoms with van der Waals surface area (Å²) in [5.41, 5.74) is -0.382. The second kappa shape index (κ2) is 6.97. The molecule has 1 atom stereocenters. The minimum Gasteiger partial charge on any atom is -0.325 e. The van der Waals surface area contributed by atoms with Crippen molar-refractivity contribution in [3.05, 3.63) is 64.1 Å². The maximum absolute atomic E-state index is 12.8. The molecule has 3 rings (SSSR count). The van der Waals surface area contributed by atoms with Crippen molar-refractivity contribution >= 4 is 46.7 Å². The molecule has 134 valence electrons. The Morgan fingerprint density at radius 1 is 1.15 bits per heavy atom. The summed E-state index contributed by atoms with van der Waals surface area (Å²) in [7, 11) is 0. The number of anilines is 1. The maximum Gasteiger partial charge on any atom is 0.325 e. The van der Waals surface area contributed by atoms with Gasteiger partial charge in [0, 0.05) is 21.3 Å². The van der Waals surface area contributed by atoms with Crippen LogP contribution >= 0.6 is 23.2 Å². The highest BCUT2D eigenvalue weighted by Gasteiger charge is 2.50. The first-order chi connectivity index (χ1) is 12.3. The number of hydrogen-bond acceptors (Lipinski definition) is 3. The fraction of sp³-hybridized carbons (Fsp3) is 0.167. The lowest BCUT2D eigenvalue weighted by Gasteiger charge is -2.23. The van der Waals surface area contributed by atoms with Gasteiger partial charge in [0.05, 0.1) is 0 Å². The van der Waals surface area contributed by atoms with Crippen molar-refractivity contribution in [2.24, 2.45) is 0 Å². The van der Waals surface area contributed by atoms with Crippen LogP contribution in [0, 0.1) is 0 Å². The van der Waals surface area contributed by atoms with E-state index < -0.39 is 29.9 Å². The first-order valence-corrected chi connectivity index (χ1v) is 8.51. The molecule has 1 aliphatic rings. The molecule has 8 heteroatoms. The summed E-state index contributed by atoms with van der Waals surface area (Å²) in [5.74, 6) is -1.04. The molecule has 0 aromatic heterocycles. The molecule has 2 N–H and O–H groups in total. The lowest BCUT2D eigenvalue weighted by atomic mass is 9.92. The summed E-state index contributed by atoms with van der Waals surface area (Å²) >= 11 is 12.1. The van der Waals surface area contributed by atoms with Crippen LogP contribution in [-0.4, -0.2) is 29.3 Å². The Bertz CT molecular complexity index is 889. The number of nitrogens with zero attached hydrogens (tertiary/aromatic N) is 1. The van der Waals surface area contributed by atoms with Crippen molar-refractivity contribution in [3.63, 3.8) is 0 Å². The molecule has 6 nitrogen and oxygen atoms in total. The highest BCUT2D eigenvalue weighted by Crippen LogP contribution is 2.34. The van der Waals surface area contributed by atoms with Crippen molar-refractivity contribution in [1.29, 1.82) is 0 Å². The average Bonchev–Trinajstić information content (AvgIpc) is 2.79. The zero-order chi connectivity index (χ0) is 18.9. The molecule has 0 spiro atoms. The van der Waals surface area contributed by atoms with Crippen LogP contribution in [0.25, 0.3) is 0 Å². The third kappa shape index (κ3) is 3.38. The zero-order valence-corrected chi connectivity index (χ0v) is 15.3. The molecule has 1 heterocycles. The lowest BCUT2D eigenvalue weighted by molar-refractivity contribution is -0.133. The smallest absolute Gasteiger partial charge is 0.325 e. The molecule has 1 fully saturated rings. The Hall–Kier alpha value is -2.57. The van der Waals surface area contributed by atoms with E-state index >= 15 is 0 Å². The number of benzene rings is 2. The molecule has 1 aliphatic heterocycles. The Kier molecular flexibility index (Phi) is 4.89. The predicted octanol–water partition coefficient (Wildman–Crippen LogP) is 3.40. The van der Waals surface area contributed by atoms with Gasteiger partial charge in [0.1, 0.15) is 12.1 Å². The third-order valence-corrected chi connectivity index (χ3v) is 4.65. The number of para-hydroxylation sites is 1. The number of hydrogen-bond donors (Lipinski definition) is 2. The van der Waals surface area contributed by atoms with Gasteiger partial charge in [-0.15, -0.1) is 0 Å². The van der Waals surface area contributed by atoms with Gasteiger partial charge in [-0.3, -0.25) is 14.5 Å². The molecule has 2 aromatic rings. The van der Waals surface area contributed by atoms with Gasteiger partial charge in [-0.05, 0) is 31.2 Å². The Morgan fingerprint density at radius 2 is 1.85 bits per heavy atom. The Labute approximate surface area is 160 Å². The normalized spacial score (nSPS) is 19.4. The van der Waals surface area contributed by atoms with Crippen LogP contribution in [0.5, 0.6) is 0 Å². The number of halogens is 2. The Balaban J connectivity index is 1.79. The minimum atomic E-state index is -1.37. The first-order valence-electron chi connectivity index (χ1n) is 7.76. The lowest BCUT2D eigenvalue weighted by Crippen LogP contribution is -2.42. The van der Waals surface area contributed by atoms with E-state index in [0.717, 1.165) is 4.90 Å². The molecule has 1 saturated heterocycles. The van der Waals surface area contributed by atoms with Gasteiger partial charge >= 0.3 is 6.03 Å². The van der Waals surface area contributed by atoms with Crippen LogP contribution in [0.3, 0.4) is 0 Å². The summed E-state index contributed by atoms with van der Waals surface area (Å²) < 4.78 is 0. The fourth-order valence-electron chi connectivity index (χ4n) is 2.78. The van der Waals surface area contributed by atoms with E-state index in [-0.39, 0.29) is 5.02 Å². The Morgan fingerprint density at radius 3 is 2.50 bits per heavy atom. The zero-order valence-electron chi connectivity index (χ0n) is 13.8. The first kappa shape index (κ1) is 18.2. The number of imide groups is 1. The fourth-order valence-corrected chi connectivity index (χ4v) is 3.38.